The normalized spacial score (nSPS) is 11.6. The first-order chi connectivity index (χ1) is 12.7. The van der Waals surface area contributed by atoms with Gasteiger partial charge in [-0.25, -0.2) is 4.79 Å². The molecule has 0 bridgehead atoms. The third kappa shape index (κ3) is 3.21. The minimum absolute atomic E-state index is 0.118. The molecule has 0 spiro atoms. The molecule has 0 amide bonds. The lowest BCUT2D eigenvalue weighted by atomic mass is 10.1. The lowest BCUT2D eigenvalue weighted by molar-refractivity contribution is 0.101. The molecule has 8 nitrogen and oxygen atoms in total. The second-order valence-electron chi connectivity index (χ2n) is 6.01. The molecular formula is C18H18N2O6S. The summed E-state index contributed by atoms with van der Waals surface area (Å²) in [7, 11) is 0.338. The molecule has 3 rings (SSSR count). The number of hydrogen-bond acceptors (Lipinski definition) is 6. The molecule has 0 aliphatic heterocycles. The van der Waals surface area contributed by atoms with Gasteiger partial charge < -0.3 is 8.92 Å². The van der Waals surface area contributed by atoms with Gasteiger partial charge in [-0.05, 0) is 37.3 Å². The molecule has 0 aliphatic carbocycles. The van der Waals surface area contributed by atoms with Crippen molar-refractivity contribution >= 4 is 26.9 Å². The molecule has 2 aromatic carbocycles. The van der Waals surface area contributed by atoms with Crippen molar-refractivity contribution in [1.82, 2.24) is 9.13 Å². The lowest BCUT2D eigenvalue weighted by Gasteiger charge is -2.12. The number of fused-ring (bicyclic) bond motifs is 1. The topological polar surface area (TPSA) is 96.6 Å². The van der Waals surface area contributed by atoms with Gasteiger partial charge in [-0.15, -0.1) is 0 Å². The number of carbonyl (C=O) groups excluding carboxylic acids is 1. The zero-order valence-corrected chi connectivity index (χ0v) is 16.0. The highest BCUT2D eigenvalue weighted by Gasteiger charge is 2.22. The van der Waals surface area contributed by atoms with Gasteiger partial charge in [0, 0.05) is 20.2 Å². The van der Waals surface area contributed by atoms with Crippen molar-refractivity contribution in [1.29, 1.82) is 0 Å². The highest BCUT2D eigenvalue weighted by Crippen LogP contribution is 2.29. The van der Waals surface area contributed by atoms with Crippen molar-refractivity contribution in [3.63, 3.8) is 0 Å². The Bertz CT molecular complexity index is 1220. The lowest BCUT2D eigenvalue weighted by Crippen LogP contribution is -2.19. The SMILES string of the molecule is COc1ccc(C(C)=O)c(OS(=O)(=O)c2ccc3c(c2)n(C)c(=O)n3C)c1. The number of benzene rings is 2. The molecule has 1 aromatic heterocycles. The van der Waals surface area contributed by atoms with E-state index in [2.05, 4.69) is 0 Å². The molecule has 142 valence electrons. The van der Waals surface area contributed by atoms with Gasteiger partial charge in [0.15, 0.2) is 11.5 Å². The average Bonchev–Trinajstić information content (AvgIpc) is 2.85. The van der Waals surface area contributed by atoms with Crippen molar-refractivity contribution in [3.05, 3.63) is 52.4 Å². The Hall–Kier alpha value is -3.07. The van der Waals surface area contributed by atoms with Gasteiger partial charge in [-0.1, -0.05) is 0 Å². The van der Waals surface area contributed by atoms with Crippen molar-refractivity contribution in [2.75, 3.05) is 7.11 Å². The van der Waals surface area contributed by atoms with Crippen LogP contribution in [0.1, 0.15) is 17.3 Å². The number of ketones is 1. The highest BCUT2D eigenvalue weighted by atomic mass is 32.2. The van der Waals surface area contributed by atoms with E-state index in [9.17, 15) is 18.0 Å². The summed E-state index contributed by atoms with van der Waals surface area (Å²) in [6, 6.07) is 8.57. The van der Waals surface area contributed by atoms with Crippen LogP contribution in [-0.2, 0) is 24.2 Å². The fourth-order valence-corrected chi connectivity index (χ4v) is 3.76. The van der Waals surface area contributed by atoms with Crippen molar-refractivity contribution in [3.8, 4) is 11.5 Å². The van der Waals surface area contributed by atoms with Gasteiger partial charge in [-0.2, -0.15) is 8.42 Å². The average molecular weight is 390 g/mol. The first kappa shape index (κ1) is 18.7. The summed E-state index contributed by atoms with van der Waals surface area (Å²) in [6.45, 7) is 1.31. The first-order valence-corrected chi connectivity index (χ1v) is 9.35. The summed E-state index contributed by atoms with van der Waals surface area (Å²) in [5, 5.41) is 0. The largest absolute Gasteiger partial charge is 0.497 e. The molecule has 0 saturated heterocycles. The minimum Gasteiger partial charge on any atom is -0.497 e. The second kappa shape index (κ2) is 6.58. The number of methoxy groups -OCH3 is 1. The number of ether oxygens (including phenoxy) is 1. The van der Waals surface area contributed by atoms with E-state index in [0.717, 1.165) is 0 Å². The van der Waals surface area contributed by atoms with Crippen LogP contribution >= 0.6 is 0 Å². The molecular weight excluding hydrogens is 372 g/mol. The van der Waals surface area contributed by atoms with Crippen LogP contribution in [0.5, 0.6) is 11.5 Å². The van der Waals surface area contributed by atoms with Gasteiger partial charge in [0.05, 0.1) is 23.7 Å². The number of nitrogens with zero attached hydrogens (tertiary/aromatic N) is 2. The van der Waals surface area contributed by atoms with Crippen LogP contribution < -0.4 is 14.6 Å². The van der Waals surface area contributed by atoms with Crippen molar-refractivity contribution < 1.29 is 22.1 Å². The summed E-state index contributed by atoms with van der Waals surface area (Å²) < 4.78 is 38.6. The Morgan fingerprint density at radius 2 is 1.67 bits per heavy atom. The second-order valence-corrected chi connectivity index (χ2v) is 7.55. The highest BCUT2D eigenvalue weighted by molar-refractivity contribution is 7.87. The summed E-state index contributed by atoms with van der Waals surface area (Å²) in [4.78, 5) is 23.7. The summed E-state index contributed by atoms with van der Waals surface area (Å²) in [6.07, 6.45) is 0. The molecule has 3 aromatic rings. The van der Waals surface area contributed by atoms with E-state index in [0.29, 0.717) is 16.8 Å². The summed E-state index contributed by atoms with van der Waals surface area (Å²) in [5.41, 5.74) is 0.886. The zero-order valence-electron chi connectivity index (χ0n) is 15.2. The van der Waals surface area contributed by atoms with Crippen molar-refractivity contribution in [2.45, 2.75) is 11.8 Å². The van der Waals surface area contributed by atoms with Gasteiger partial charge in [0.2, 0.25) is 0 Å². The van der Waals surface area contributed by atoms with Gasteiger partial charge >= 0.3 is 15.8 Å². The predicted octanol–water partition coefficient (Wildman–Crippen LogP) is 1.86. The number of hydrogen-bond donors (Lipinski definition) is 0. The third-order valence-electron chi connectivity index (χ3n) is 4.30. The number of aryl methyl sites for hydroxylation is 2. The Morgan fingerprint density at radius 3 is 2.30 bits per heavy atom. The molecule has 0 fully saturated rings. The van der Waals surface area contributed by atoms with Crippen LogP contribution in [0.3, 0.4) is 0 Å². The van der Waals surface area contributed by atoms with Crippen LogP contribution in [0.4, 0.5) is 0 Å². The van der Waals surface area contributed by atoms with Gasteiger partial charge in [0.1, 0.15) is 10.6 Å². The van der Waals surface area contributed by atoms with E-state index < -0.39 is 10.1 Å². The Labute approximate surface area is 155 Å². The fraction of sp³-hybridized carbons (Fsp3) is 0.222. The van der Waals surface area contributed by atoms with Crippen LogP contribution in [0.15, 0.2) is 46.1 Å². The Morgan fingerprint density at radius 1 is 1.00 bits per heavy atom. The third-order valence-corrected chi connectivity index (χ3v) is 5.53. The van der Waals surface area contributed by atoms with E-state index in [1.54, 1.807) is 20.2 Å². The van der Waals surface area contributed by atoms with Crippen LogP contribution in [0.25, 0.3) is 11.0 Å². The Balaban J connectivity index is 2.10. The monoisotopic (exact) mass is 390 g/mol. The van der Waals surface area contributed by atoms with Crippen molar-refractivity contribution in [2.24, 2.45) is 14.1 Å². The smallest absolute Gasteiger partial charge is 0.339 e. The fourth-order valence-electron chi connectivity index (χ4n) is 2.80. The van der Waals surface area contributed by atoms with E-state index in [1.807, 2.05) is 0 Å². The van der Waals surface area contributed by atoms with E-state index in [1.165, 1.54) is 53.5 Å². The maximum Gasteiger partial charge on any atom is 0.339 e. The number of aromatic nitrogens is 2. The predicted molar refractivity (Wildman–Crippen MR) is 99.0 cm³/mol. The maximum atomic E-state index is 12.8. The van der Waals surface area contributed by atoms with Crippen LogP contribution in [-0.4, -0.2) is 30.4 Å². The molecule has 0 N–H and O–H groups in total. The maximum absolute atomic E-state index is 12.8. The molecule has 0 unspecified atom stereocenters. The van der Waals surface area contributed by atoms with Crippen LogP contribution in [0.2, 0.25) is 0 Å². The molecule has 1 heterocycles. The molecule has 0 radical (unpaired) electrons. The van der Waals surface area contributed by atoms with Crippen LogP contribution in [0, 0.1) is 0 Å². The molecule has 27 heavy (non-hydrogen) atoms. The summed E-state index contributed by atoms with van der Waals surface area (Å²) >= 11 is 0. The number of carbonyl (C=O) groups is 1. The van der Waals surface area contributed by atoms with E-state index in [-0.39, 0.29) is 27.7 Å². The first-order valence-electron chi connectivity index (χ1n) is 7.94. The quantitative estimate of drug-likeness (QED) is 0.487. The summed E-state index contributed by atoms with van der Waals surface area (Å²) in [5.74, 6) is -0.112. The zero-order chi connectivity index (χ0) is 19.9. The van der Waals surface area contributed by atoms with E-state index in [4.69, 9.17) is 8.92 Å². The van der Waals surface area contributed by atoms with E-state index >= 15 is 0 Å². The van der Waals surface area contributed by atoms with Gasteiger partial charge in [-0.3, -0.25) is 13.9 Å². The molecule has 0 aliphatic rings. The number of rotatable bonds is 5. The number of Topliss-reactive ketones (excluding diaryl/α,β-unsaturated/α-hetero) is 1. The molecule has 9 heteroatoms. The minimum atomic E-state index is -4.24. The standard InChI is InChI=1S/C18H18N2O6S/c1-11(21)14-7-5-12(25-4)9-17(14)26-27(23,24)13-6-8-15-16(10-13)20(3)18(22)19(15)2/h5-10H,1-4H3. The van der Waals surface area contributed by atoms with Gasteiger partial charge in [0.25, 0.3) is 0 Å². The molecule has 0 atom stereocenters. The molecule has 0 saturated carbocycles. The number of imidazole rings is 1. The Kier molecular flexibility index (Phi) is 4.56.